The van der Waals surface area contributed by atoms with Gasteiger partial charge in [0.25, 0.3) is 0 Å². The summed E-state index contributed by atoms with van der Waals surface area (Å²) in [5, 5.41) is 8.63. The zero-order valence-electron chi connectivity index (χ0n) is 7.90. The van der Waals surface area contributed by atoms with Crippen LogP contribution >= 0.6 is 15.9 Å². The van der Waals surface area contributed by atoms with Crippen LogP contribution in [0.25, 0.3) is 0 Å². The van der Waals surface area contributed by atoms with Crippen LogP contribution in [0.2, 0.25) is 0 Å². The van der Waals surface area contributed by atoms with Crippen molar-refractivity contribution in [3.8, 4) is 0 Å². The fourth-order valence-corrected chi connectivity index (χ4v) is 1.53. The van der Waals surface area contributed by atoms with Crippen LogP contribution < -0.4 is 0 Å². The minimum absolute atomic E-state index is 0.520. The summed E-state index contributed by atoms with van der Waals surface area (Å²) in [6.45, 7) is 0.520. The van der Waals surface area contributed by atoms with Gasteiger partial charge in [-0.2, -0.15) is 0 Å². The Morgan fingerprint density at radius 2 is 2.29 bits per heavy atom. The maximum absolute atomic E-state index is 10.5. The molecule has 1 N–H and O–H groups in total. The third-order valence-corrected chi connectivity index (χ3v) is 2.44. The largest absolute Gasteiger partial charge is 0.465 e. The summed E-state index contributed by atoms with van der Waals surface area (Å²) in [7, 11) is 1.57. The van der Waals surface area contributed by atoms with E-state index in [0.717, 1.165) is 16.5 Å². The maximum atomic E-state index is 10.5. The van der Waals surface area contributed by atoms with Gasteiger partial charge in [0.1, 0.15) is 0 Å². The first-order chi connectivity index (χ1) is 6.59. The van der Waals surface area contributed by atoms with Gasteiger partial charge in [-0.25, -0.2) is 4.79 Å². The quantitative estimate of drug-likeness (QED) is 0.905. The third-order valence-electron chi connectivity index (χ3n) is 1.95. The van der Waals surface area contributed by atoms with E-state index in [1.165, 1.54) is 4.90 Å². The van der Waals surface area contributed by atoms with E-state index < -0.39 is 6.09 Å². The highest BCUT2D eigenvalue weighted by atomic mass is 79.9. The van der Waals surface area contributed by atoms with Gasteiger partial charge in [-0.05, 0) is 24.1 Å². The smallest absolute Gasteiger partial charge is 0.407 e. The minimum Gasteiger partial charge on any atom is -0.465 e. The van der Waals surface area contributed by atoms with Gasteiger partial charge < -0.3 is 10.0 Å². The number of carbonyl (C=O) groups is 1. The van der Waals surface area contributed by atoms with Crippen molar-refractivity contribution in [2.45, 2.75) is 6.42 Å². The molecule has 1 aromatic carbocycles. The molecule has 0 heterocycles. The number of benzene rings is 1. The molecule has 0 saturated heterocycles. The van der Waals surface area contributed by atoms with Crippen LogP contribution in [-0.2, 0) is 6.42 Å². The lowest BCUT2D eigenvalue weighted by molar-refractivity contribution is 0.156. The zero-order valence-corrected chi connectivity index (χ0v) is 9.49. The van der Waals surface area contributed by atoms with Crippen LogP contribution in [0, 0.1) is 0 Å². The van der Waals surface area contributed by atoms with E-state index >= 15 is 0 Å². The van der Waals surface area contributed by atoms with E-state index in [1.807, 2.05) is 24.3 Å². The fourth-order valence-electron chi connectivity index (χ4n) is 1.08. The van der Waals surface area contributed by atoms with Gasteiger partial charge in [-0.3, -0.25) is 0 Å². The lowest BCUT2D eigenvalue weighted by atomic mass is 10.1. The topological polar surface area (TPSA) is 40.5 Å². The van der Waals surface area contributed by atoms with Gasteiger partial charge in [0.2, 0.25) is 0 Å². The normalized spacial score (nSPS) is 9.86. The Labute approximate surface area is 91.5 Å². The second-order valence-corrected chi connectivity index (χ2v) is 4.00. The summed E-state index contributed by atoms with van der Waals surface area (Å²) in [6, 6.07) is 7.88. The first-order valence-electron chi connectivity index (χ1n) is 4.28. The molecule has 76 valence electrons. The zero-order chi connectivity index (χ0) is 10.6. The molecular formula is C10H12BrNO2. The van der Waals surface area contributed by atoms with E-state index in [4.69, 9.17) is 5.11 Å². The van der Waals surface area contributed by atoms with Crippen molar-refractivity contribution in [1.82, 2.24) is 4.90 Å². The molecule has 0 aliphatic heterocycles. The highest BCUT2D eigenvalue weighted by molar-refractivity contribution is 9.10. The van der Waals surface area contributed by atoms with Gasteiger partial charge in [-0.15, -0.1) is 0 Å². The standard InChI is InChI=1S/C10H12BrNO2/c1-12(10(13)14)6-5-8-3-2-4-9(11)7-8/h2-4,7H,5-6H2,1H3,(H,13,14). The molecule has 1 amide bonds. The highest BCUT2D eigenvalue weighted by Crippen LogP contribution is 2.12. The third kappa shape index (κ3) is 3.38. The molecule has 0 radical (unpaired) electrons. The summed E-state index contributed by atoms with van der Waals surface area (Å²) in [5.41, 5.74) is 1.13. The van der Waals surface area contributed by atoms with Crippen molar-refractivity contribution in [2.75, 3.05) is 13.6 Å². The number of hydrogen-bond donors (Lipinski definition) is 1. The van der Waals surface area contributed by atoms with Gasteiger partial charge in [-0.1, -0.05) is 28.1 Å². The Kier molecular flexibility index (Phi) is 3.95. The molecule has 1 aromatic rings. The average molecular weight is 258 g/mol. The molecule has 0 saturated carbocycles. The van der Waals surface area contributed by atoms with Crippen molar-refractivity contribution in [3.05, 3.63) is 34.3 Å². The number of halogens is 1. The van der Waals surface area contributed by atoms with Crippen molar-refractivity contribution < 1.29 is 9.90 Å². The monoisotopic (exact) mass is 257 g/mol. The average Bonchev–Trinajstić information content (AvgIpc) is 2.14. The van der Waals surface area contributed by atoms with Crippen molar-refractivity contribution >= 4 is 22.0 Å². The van der Waals surface area contributed by atoms with Crippen LogP contribution in [0.1, 0.15) is 5.56 Å². The predicted octanol–water partition coefficient (Wildman–Crippen LogP) is 2.60. The Hall–Kier alpha value is -1.03. The SMILES string of the molecule is CN(CCc1cccc(Br)c1)C(=O)O. The highest BCUT2D eigenvalue weighted by Gasteiger charge is 2.04. The number of likely N-dealkylation sites (N-methyl/N-ethyl adjacent to an activating group) is 1. The molecule has 0 spiro atoms. The van der Waals surface area contributed by atoms with E-state index in [0.29, 0.717) is 6.54 Å². The number of nitrogens with zero attached hydrogens (tertiary/aromatic N) is 1. The molecule has 3 nitrogen and oxygen atoms in total. The predicted molar refractivity (Wildman–Crippen MR) is 58.5 cm³/mol. The van der Waals surface area contributed by atoms with Gasteiger partial charge >= 0.3 is 6.09 Å². The van der Waals surface area contributed by atoms with Gasteiger partial charge in [0, 0.05) is 18.1 Å². The van der Waals surface area contributed by atoms with E-state index in [1.54, 1.807) is 7.05 Å². The number of amides is 1. The van der Waals surface area contributed by atoms with E-state index in [9.17, 15) is 4.79 Å². The minimum atomic E-state index is -0.889. The number of rotatable bonds is 3. The summed E-state index contributed by atoms with van der Waals surface area (Å²) in [6.07, 6.45) is -0.151. The maximum Gasteiger partial charge on any atom is 0.407 e. The number of carboxylic acid groups (broad SMARTS) is 1. The molecule has 1 rings (SSSR count). The lowest BCUT2D eigenvalue weighted by Crippen LogP contribution is -2.26. The Morgan fingerprint density at radius 3 is 2.86 bits per heavy atom. The van der Waals surface area contributed by atoms with Crippen LogP contribution in [0.5, 0.6) is 0 Å². The molecule has 0 atom stereocenters. The molecule has 0 aliphatic rings. The van der Waals surface area contributed by atoms with Crippen molar-refractivity contribution in [3.63, 3.8) is 0 Å². The Balaban J connectivity index is 2.49. The second kappa shape index (κ2) is 5.00. The van der Waals surface area contributed by atoms with Crippen LogP contribution in [-0.4, -0.2) is 29.7 Å². The van der Waals surface area contributed by atoms with E-state index in [-0.39, 0.29) is 0 Å². The van der Waals surface area contributed by atoms with Gasteiger partial charge in [0.15, 0.2) is 0 Å². The first-order valence-corrected chi connectivity index (χ1v) is 5.07. The fraction of sp³-hybridized carbons (Fsp3) is 0.300. The van der Waals surface area contributed by atoms with Crippen LogP contribution in [0.15, 0.2) is 28.7 Å². The van der Waals surface area contributed by atoms with E-state index in [2.05, 4.69) is 15.9 Å². The molecular weight excluding hydrogens is 246 g/mol. The molecule has 4 heteroatoms. The molecule has 0 aliphatic carbocycles. The summed E-state index contributed by atoms with van der Waals surface area (Å²) in [4.78, 5) is 11.8. The molecule has 0 fully saturated rings. The number of hydrogen-bond acceptors (Lipinski definition) is 1. The Bertz CT molecular complexity index is 328. The van der Waals surface area contributed by atoms with Crippen LogP contribution in [0.3, 0.4) is 0 Å². The Morgan fingerprint density at radius 1 is 1.57 bits per heavy atom. The lowest BCUT2D eigenvalue weighted by Gasteiger charge is -2.12. The van der Waals surface area contributed by atoms with Gasteiger partial charge in [0.05, 0.1) is 0 Å². The summed E-state index contributed by atoms with van der Waals surface area (Å²) in [5.74, 6) is 0. The summed E-state index contributed by atoms with van der Waals surface area (Å²) >= 11 is 3.37. The first kappa shape index (κ1) is 11.0. The second-order valence-electron chi connectivity index (χ2n) is 3.08. The molecule has 0 unspecified atom stereocenters. The van der Waals surface area contributed by atoms with Crippen LogP contribution in [0.4, 0.5) is 4.79 Å². The summed E-state index contributed by atoms with van der Waals surface area (Å²) < 4.78 is 1.02. The van der Waals surface area contributed by atoms with Crippen molar-refractivity contribution in [2.24, 2.45) is 0 Å². The molecule has 14 heavy (non-hydrogen) atoms. The van der Waals surface area contributed by atoms with Crippen molar-refractivity contribution in [1.29, 1.82) is 0 Å². The molecule has 0 aromatic heterocycles. The molecule has 0 bridgehead atoms.